The normalized spacial score (nSPS) is 11.3. The highest BCUT2D eigenvalue weighted by Crippen LogP contribution is 2.20. The zero-order valence-electron chi connectivity index (χ0n) is 17.7. The number of aryl methyl sites for hydroxylation is 2. The summed E-state index contributed by atoms with van der Waals surface area (Å²) in [7, 11) is -2.52. The van der Waals surface area contributed by atoms with E-state index in [9.17, 15) is 18.0 Å². The third-order valence-electron chi connectivity index (χ3n) is 4.61. The van der Waals surface area contributed by atoms with Gasteiger partial charge in [-0.25, -0.2) is 13.4 Å². The maximum Gasteiger partial charge on any atom is 0.253 e. The monoisotopic (exact) mass is 456 g/mol. The highest BCUT2D eigenvalue weighted by molar-refractivity contribution is 7.89. The molecule has 168 valence electrons. The van der Waals surface area contributed by atoms with E-state index in [0.29, 0.717) is 11.7 Å². The molecule has 10 heteroatoms. The summed E-state index contributed by atoms with van der Waals surface area (Å²) in [4.78, 5) is 28.3. The van der Waals surface area contributed by atoms with Gasteiger partial charge in [0.1, 0.15) is 0 Å². The molecule has 9 nitrogen and oxygen atoms in total. The highest BCUT2D eigenvalue weighted by atomic mass is 32.2. The molecule has 0 atom stereocenters. The van der Waals surface area contributed by atoms with Crippen LogP contribution in [0.2, 0.25) is 0 Å². The number of benzene rings is 2. The van der Waals surface area contributed by atoms with E-state index in [4.69, 9.17) is 4.42 Å². The van der Waals surface area contributed by atoms with Gasteiger partial charge in [-0.2, -0.15) is 4.31 Å². The quantitative estimate of drug-likeness (QED) is 0.501. The Morgan fingerprint density at radius 2 is 1.66 bits per heavy atom. The molecule has 0 fully saturated rings. The third kappa shape index (κ3) is 6.02. The second kappa shape index (κ2) is 10.2. The number of carbonyl (C=O) groups excluding carboxylic acids is 2. The molecular formula is C22H24N4O5S. The number of aromatic nitrogens is 1. The van der Waals surface area contributed by atoms with E-state index in [0.717, 1.165) is 15.4 Å². The number of likely N-dealkylation sites (N-methyl/N-ethyl adjacent to an activating group) is 1. The molecule has 2 N–H and O–H groups in total. The summed E-state index contributed by atoms with van der Waals surface area (Å²) >= 11 is 0. The van der Waals surface area contributed by atoms with Crippen molar-refractivity contribution in [2.75, 3.05) is 13.6 Å². The van der Waals surface area contributed by atoms with Gasteiger partial charge in [0.25, 0.3) is 5.91 Å². The van der Waals surface area contributed by atoms with Crippen molar-refractivity contribution in [3.05, 3.63) is 72.2 Å². The van der Waals surface area contributed by atoms with Gasteiger partial charge in [0.2, 0.25) is 15.9 Å². The van der Waals surface area contributed by atoms with Crippen LogP contribution in [0.25, 0.3) is 11.3 Å². The van der Waals surface area contributed by atoms with Crippen molar-refractivity contribution in [3.8, 4) is 11.3 Å². The summed E-state index contributed by atoms with van der Waals surface area (Å²) in [5.74, 6) is -0.123. The second-order valence-corrected chi connectivity index (χ2v) is 9.20. The molecule has 0 radical (unpaired) electrons. The molecule has 1 heterocycles. The average Bonchev–Trinajstić information content (AvgIpc) is 3.26. The third-order valence-corrected chi connectivity index (χ3v) is 6.43. The maximum atomic E-state index is 12.5. The van der Waals surface area contributed by atoms with E-state index in [1.165, 1.54) is 19.2 Å². The summed E-state index contributed by atoms with van der Waals surface area (Å²) in [5, 5.41) is 0. The number of hydrogen-bond acceptors (Lipinski definition) is 6. The Hall–Kier alpha value is -3.50. The lowest BCUT2D eigenvalue weighted by Gasteiger charge is -2.17. The first-order chi connectivity index (χ1) is 15.3. The second-order valence-electron chi connectivity index (χ2n) is 7.15. The van der Waals surface area contributed by atoms with Crippen LogP contribution in [0.15, 0.2) is 70.1 Å². The number of nitrogens with zero attached hydrogens (tertiary/aromatic N) is 2. The fourth-order valence-corrected chi connectivity index (χ4v) is 3.93. The van der Waals surface area contributed by atoms with E-state index in [-0.39, 0.29) is 17.7 Å². The minimum atomic E-state index is -3.82. The van der Waals surface area contributed by atoms with Gasteiger partial charge < -0.3 is 4.42 Å². The van der Waals surface area contributed by atoms with E-state index < -0.39 is 28.4 Å². The minimum absolute atomic E-state index is 0.0343. The van der Waals surface area contributed by atoms with Crippen molar-refractivity contribution in [2.45, 2.75) is 24.7 Å². The SMILES string of the molecule is Cc1ccc(S(=O)(=O)N(C)CC(=O)NNC(=O)CCc2ncc(-c3ccccc3)o2)cc1. The molecule has 0 saturated heterocycles. The lowest BCUT2D eigenvalue weighted by Crippen LogP contribution is -2.46. The minimum Gasteiger partial charge on any atom is -0.441 e. The van der Waals surface area contributed by atoms with Gasteiger partial charge in [0.05, 0.1) is 17.6 Å². The molecule has 0 aliphatic rings. The summed E-state index contributed by atoms with van der Waals surface area (Å²) < 4.78 is 31.6. The van der Waals surface area contributed by atoms with Crippen molar-refractivity contribution >= 4 is 21.8 Å². The van der Waals surface area contributed by atoms with Crippen molar-refractivity contribution in [1.29, 1.82) is 0 Å². The van der Waals surface area contributed by atoms with Crippen LogP contribution in [0.3, 0.4) is 0 Å². The first-order valence-electron chi connectivity index (χ1n) is 9.86. The maximum absolute atomic E-state index is 12.5. The van der Waals surface area contributed by atoms with Gasteiger partial charge in [-0.05, 0) is 19.1 Å². The van der Waals surface area contributed by atoms with Crippen LogP contribution in [0.4, 0.5) is 0 Å². The predicted molar refractivity (Wildman–Crippen MR) is 118 cm³/mol. The zero-order valence-corrected chi connectivity index (χ0v) is 18.6. The molecule has 0 spiro atoms. The van der Waals surface area contributed by atoms with Crippen LogP contribution >= 0.6 is 0 Å². The van der Waals surface area contributed by atoms with Gasteiger partial charge in [0.15, 0.2) is 11.7 Å². The Kier molecular flexibility index (Phi) is 7.39. The molecule has 1 aromatic heterocycles. The number of hydrazine groups is 1. The largest absolute Gasteiger partial charge is 0.441 e. The molecule has 0 aliphatic carbocycles. The van der Waals surface area contributed by atoms with Gasteiger partial charge in [0, 0.05) is 25.5 Å². The van der Waals surface area contributed by atoms with Crippen LogP contribution in [0, 0.1) is 6.92 Å². The van der Waals surface area contributed by atoms with Crippen molar-refractivity contribution in [1.82, 2.24) is 20.1 Å². The van der Waals surface area contributed by atoms with E-state index >= 15 is 0 Å². The molecule has 0 saturated carbocycles. The number of sulfonamides is 1. The van der Waals surface area contributed by atoms with Crippen LogP contribution in [-0.4, -0.2) is 43.1 Å². The Bertz CT molecular complexity index is 1170. The highest BCUT2D eigenvalue weighted by Gasteiger charge is 2.23. The average molecular weight is 457 g/mol. The topological polar surface area (TPSA) is 122 Å². The molecule has 0 unspecified atom stereocenters. The van der Waals surface area contributed by atoms with Crippen LogP contribution in [0.1, 0.15) is 17.9 Å². The standard InChI is InChI=1S/C22H24N4O5S/c1-16-8-10-18(11-9-16)32(29,30)26(2)15-21(28)25-24-20(27)12-13-22-23-14-19(31-22)17-6-4-3-5-7-17/h3-11,14H,12-13,15H2,1-2H3,(H,24,27)(H,25,28). The Labute approximate surface area is 186 Å². The van der Waals surface area contributed by atoms with Gasteiger partial charge in [-0.1, -0.05) is 48.0 Å². The summed E-state index contributed by atoms with van der Waals surface area (Å²) in [6, 6.07) is 15.8. The lowest BCUT2D eigenvalue weighted by molar-refractivity contribution is -0.128. The van der Waals surface area contributed by atoms with E-state index in [1.54, 1.807) is 18.3 Å². The number of hydrogen-bond donors (Lipinski definition) is 2. The molecular weight excluding hydrogens is 432 g/mol. The van der Waals surface area contributed by atoms with Crippen molar-refractivity contribution < 1.29 is 22.4 Å². The van der Waals surface area contributed by atoms with Crippen LogP contribution < -0.4 is 10.9 Å². The van der Waals surface area contributed by atoms with Crippen molar-refractivity contribution in [2.24, 2.45) is 0 Å². The Balaban J connectivity index is 1.44. The molecule has 0 aliphatic heterocycles. The first kappa shape index (κ1) is 23.2. The van der Waals surface area contributed by atoms with Gasteiger partial charge in [-0.15, -0.1) is 0 Å². The van der Waals surface area contributed by atoms with Gasteiger partial charge in [-0.3, -0.25) is 20.4 Å². The smallest absolute Gasteiger partial charge is 0.253 e. The number of carbonyl (C=O) groups is 2. The van der Waals surface area contributed by atoms with E-state index in [1.807, 2.05) is 37.3 Å². The van der Waals surface area contributed by atoms with Crippen LogP contribution in [0.5, 0.6) is 0 Å². The number of rotatable bonds is 8. The Morgan fingerprint density at radius 1 is 1.00 bits per heavy atom. The molecule has 2 aromatic carbocycles. The summed E-state index contributed by atoms with van der Waals surface area (Å²) in [6.45, 7) is 1.40. The summed E-state index contributed by atoms with van der Waals surface area (Å²) in [6.07, 6.45) is 1.87. The lowest BCUT2D eigenvalue weighted by atomic mass is 10.2. The Morgan fingerprint density at radius 3 is 2.34 bits per heavy atom. The van der Waals surface area contributed by atoms with Crippen LogP contribution in [-0.2, 0) is 26.0 Å². The molecule has 0 bridgehead atoms. The fourth-order valence-electron chi connectivity index (χ4n) is 2.80. The number of nitrogens with one attached hydrogen (secondary N) is 2. The zero-order chi connectivity index (χ0) is 23.1. The fraction of sp³-hybridized carbons (Fsp3) is 0.227. The summed E-state index contributed by atoms with van der Waals surface area (Å²) in [5.41, 5.74) is 6.29. The number of oxazole rings is 1. The van der Waals surface area contributed by atoms with Crippen molar-refractivity contribution in [3.63, 3.8) is 0 Å². The molecule has 3 aromatic rings. The molecule has 3 rings (SSSR count). The van der Waals surface area contributed by atoms with E-state index in [2.05, 4.69) is 15.8 Å². The first-order valence-corrected chi connectivity index (χ1v) is 11.3. The predicted octanol–water partition coefficient (Wildman–Crippen LogP) is 2.05. The number of amides is 2. The molecule has 32 heavy (non-hydrogen) atoms. The van der Waals surface area contributed by atoms with Gasteiger partial charge >= 0.3 is 0 Å². The molecule has 2 amide bonds.